The number of carbonyl (C=O) groups is 1. The zero-order valence-corrected chi connectivity index (χ0v) is 20.9. The lowest BCUT2D eigenvalue weighted by atomic mass is 10.0. The van der Waals surface area contributed by atoms with E-state index in [0.717, 1.165) is 24.4 Å². The molecule has 3 heterocycles. The molecule has 0 saturated carbocycles. The molecule has 3 aromatic heterocycles. The Hall–Kier alpha value is -4.79. The van der Waals surface area contributed by atoms with Crippen LogP contribution >= 0.6 is 0 Å². The van der Waals surface area contributed by atoms with Crippen LogP contribution in [-0.2, 0) is 17.1 Å². The van der Waals surface area contributed by atoms with Gasteiger partial charge < -0.3 is 5.32 Å². The van der Waals surface area contributed by atoms with Crippen LogP contribution in [0, 0.1) is 30.2 Å². The maximum Gasteiger partial charge on any atom is 0.276 e. The summed E-state index contributed by atoms with van der Waals surface area (Å²) in [6, 6.07) is 4.53. The van der Waals surface area contributed by atoms with Gasteiger partial charge in [0.25, 0.3) is 15.9 Å². The number of H-pyrrole nitrogens is 1. The van der Waals surface area contributed by atoms with Gasteiger partial charge in [-0.2, -0.15) is 10.2 Å². The molecule has 200 valence electrons. The molecule has 15 heteroatoms. The monoisotopic (exact) mass is 559 g/mol. The molecule has 0 unspecified atom stereocenters. The second-order valence-electron chi connectivity index (χ2n) is 8.41. The number of halogens is 4. The van der Waals surface area contributed by atoms with Gasteiger partial charge in [-0.15, -0.1) is 0 Å². The molecule has 5 rings (SSSR count). The number of hydrogen-bond acceptors (Lipinski definition) is 6. The number of amides is 1. The Morgan fingerprint density at radius 1 is 1.05 bits per heavy atom. The van der Waals surface area contributed by atoms with E-state index >= 15 is 8.78 Å². The first-order chi connectivity index (χ1) is 18.5. The van der Waals surface area contributed by atoms with Gasteiger partial charge in [0, 0.05) is 24.2 Å². The molecule has 1 amide bonds. The fourth-order valence-corrected chi connectivity index (χ4v) is 5.20. The molecule has 2 aromatic carbocycles. The van der Waals surface area contributed by atoms with E-state index in [1.807, 2.05) is 4.72 Å². The number of aromatic nitrogens is 5. The Morgan fingerprint density at radius 2 is 1.82 bits per heavy atom. The molecule has 0 aliphatic carbocycles. The zero-order valence-electron chi connectivity index (χ0n) is 20.1. The Kier molecular flexibility index (Phi) is 6.30. The quantitative estimate of drug-likeness (QED) is 0.266. The predicted molar refractivity (Wildman–Crippen MR) is 132 cm³/mol. The number of aryl methyl sites for hydroxylation is 2. The number of benzene rings is 2. The van der Waals surface area contributed by atoms with Gasteiger partial charge >= 0.3 is 0 Å². The molecule has 5 aromatic rings. The summed E-state index contributed by atoms with van der Waals surface area (Å²) >= 11 is 0. The number of aromatic amines is 1. The first-order valence-corrected chi connectivity index (χ1v) is 12.5. The van der Waals surface area contributed by atoms with E-state index in [0.29, 0.717) is 11.8 Å². The molecule has 0 aliphatic heterocycles. The topological polar surface area (TPSA) is 135 Å². The number of anilines is 2. The van der Waals surface area contributed by atoms with Crippen molar-refractivity contribution < 1.29 is 30.8 Å². The Morgan fingerprint density at radius 3 is 2.54 bits per heavy atom. The summed E-state index contributed by atoms with van der Waals surface area (Å²) in [5.74, 6) is -5.37. The van der Waals surface area contributed by atoms with E-state index in [4.69, 9.17) is 0 Å². The molecular weight excluding hydrogens is 542 g/mol. The van der Waals surface area contributed by atoms with Crippen molar-refractivity contribution in [3.8, 4) is 11.1 Å². The zero-order chi connectivity index (χ0) is 28.1. The third kappa shape index (κ3) is 4.67. The highest BCUT2D eigenvalue weighted by Gasteiger charge is 2.26. The molecular formula is C24H17F4N7O3S. The smallest absolute Gasteiger partial charge is 0.276 e. The average molecular weight is 560 g/mol. The van der Waals surface area contributed by atoms with Crippen LogP contribution in [0.25, 0.3) is 22.0 Å². The van der Waals surface area contributed by atoms with Gasteiger partial charge in [-0.05, 0) is 31.2 Å². The molecule has 0 fully saturated rings. The fraction of sp³-hybridized carbons (Fsp3) is 0.0833. The van der Waals surface area contributed by atoms with E-state index in [1.165, 1.54) is 30.1 Å². The summed E-state index contributed by atoms with van der Waals surface area (Å²) in [5, 5.41) is 12.7. The minimum Gasteiger partial charge on any atom is -0.318 e. The van der Waals surface area contributed by atoms with Crippen molar-refractivity contribution in [3.63, 3.8) is 0 Å². The van der Waals surface area contributed by atoms with E-state index in [9.17, 15) is 22.0 Å². The van der Waals surface area contributed by atoms with Crippen LogP contribution in [0.4, 0.5) is 28.9 Å². The molecule has 39 heavy (non-hydrogen) atoms. The predicted octanol–water partition coefficient (Wildman–Crippen LogP) is 4.28. The maximum atomic E-state index is 15.5. The number of fused-ring (bicyclic) bond motifs is 1. The van der Waals surface area contributed by atoms with Crippen molar-refractivity contribution in [2.45, 2.75) is 11.8 Å². The minimum absolute atomic E-state index is 0.0318. The molecule has 10 nitrogen and oxygen atoms in total. The van der Waals surface area contributed by atoms with Crippen molar-refractivity contribution in [1.29, 1.82) is 0 Å². The number of hydrogen-bond donors (Lipinski definition) is 3. The van der Waals surface area contributed by atoms with Gasteiger partial charge in [-0.25, -0.2) is 26.0 Å². The highest BCUT2D eigenvalue weighted by atomic mass is 32.2. The maximum absolute atomic E-state index is 15.5. The Bertz CT molecular complexity index is 1890. The van der Waals surface area contributed by atoms with Crippen molar-refractivity contribution in [2.75, 3.05) is 10.0 Å². The third-order valence-corrected chi connectivity index (χ3v) is 7.24. The standard InChI is InChI=1S/C24H17F4N7O3S/c1-11-18(7-12(25)8-29-11)39(37,38)34-17-6-5-16(26)19(21(17)28)14-3-4-15-22(20(14)27)32-33-23(15)24(36)31-13-9-30-35(2)10-13/h3-10,34H,1-2H3,(H,31,36)(H,32,33). The summed E-state index contributed by atoms with van der Waals surface area (Å²) < 4.78 is 88.4. The van der Waals surface area contributed by atoms with Crippen LogP contribution < -0.4 is 10.0 Å². The van der Waals surface area contributed by atoms with E-state index < -0.39 is 60.9 Å². The van der Waals surface area contributed by atoms with Gasteiger partial charge in [0.15, 0.2) is 17.3 Å². The largest absolute Gasteiger partial charge is 0.318 e. The van der Waals surface area contributed by atoms with Crippen LogP contribution in [0.2, 0.25) is 0 Å². The SMILES string of the molecule is Cc1ncc(F)cc1S(=O)(=O)Nc1ccc(F)c(-c2ccc3c(C(=O)Nc4cnn(C)c4)n[nH]c3c2F)c1F. The summed E-state index contributed by atoms with van der Waals surface area (Å²) in [5.41, 5.74) is -2.34. The molecule has 0 atom stereocenters. The molecule has 0 aliphatic rings. The normalized spacial score (nSPS) is 11.6. The highest BCUT2D eigenvalue weighted by Crippen LogP contribution is 2.36. The third-order valence-electron chi connectivity index (χ3n) is 5.76. The number of pyridine rings is 1. The summed E-state index contributed by atoms with van der Waals surface area (Å²) in [6.07, 6.45) is 3.74. The second-order valence-corrected chi connectivity index (χ2v) is 10.1. The van der Waals surface area contributed by atoms with Crippen LogP contribution in [-0.4, -0.2) is 39.3 Å². The first-order valence-electron chi connectivity index (χ1n) is 11.1. The number of sulfonamides is 1. The van der Waals surface area contributed by atoms with Crippen molar-refractivity contribution in [3.05, 3.63) is 83.6 Å². The summed E-state index contributed by atoms with van der Waals surface area (Å²) in [6.45, 7) is 1.31. The van der Waals surface area contributed by atoms with E-state index in [2.05, 4.69) is 25.6 Å². The minimum atomic E-state index is -4.55. The molecule has 0 bridgehead atoms. The van der Waals surface area contributed by atoms with Crippen LogP contribution in [0.1, 0.15) is 16.2 Å². The van der Waals surface area contributed by atoms with Crippen LogP contribution in [0.3, 0.4) is 0 Å². The molecule has 3 N–H and O–H groups in total. The van der Waals surface area contributed by atoms with E-state index in [1.54, 1.807) is 7.05 Å². The first kappa shape index (κ1) is 25.8. The second kappa shape index (κ2) is 9.50. The van der Waals surface area contributed by atoms with Crippen molar-refractivity contribution in [1.82, 2.24) is 25.0 Å². The average Bonchev–Trinajstić information content (AvgIpc) is 3.50. The lowest BCUT2D eigenvalue weighted by Crippen LogP contribution is -2.16. The summed E-state index contributed by atoms with van der Waals surface area (Å²) in [7, 11) is -2.90. The van der Waals surface area contributed by atoms with Gasteiger partial charge in [0.05, 0.1) is 35.0 Å². The van der Waals surface area contributed by atoms with Gasteiger partial charge in [-0.1, -0.05) is 6.07 Å². The van der Waals surface area contributed by atoms with Gasteiger partial charge in [-0.3, -0.25) is 24.3 Å². The lowest BCUT2D eigenvalue weighted by Gasteiger charge is -2.14. The molecule has 0 saturated heterocycles. The number of rotatable bonds is 6. The van der Waals surface area contributed by atoms with Gasteiger partial charge in [0.1, 0.15) is 22.0 Å². The van der Waals surface area contributed by atoms with Gasteiger partial charge in [0.2, 0.25) is 0 Å². The number of nitrogens with one attached hydrogen (secondary N) is 3. The number of carbonyl (C=O) groups excluding carboxylic acids is 1. The Labute approximate surface area is 217 Å². The molecule has 0 spiro atoms. The van der Waals surface area contributed by atoms with Crippen molar-refractivity contribution >= 4 is 38.2 Å². The van der Waals surface area contributed by atoms with E-state index in [-0.39, 0.29) is 22.3 Å². The number of nitrogens with zero attached hydrogens (tertiary/aromatic N) is 4. The molecule has 0 radical (unpaired) electrons. The van der Waals surface area contributed by atoms with Crippen LogP contribution in [0.15, 0.2) is 53.8 Å². The van der Waals surface area contributed by atoms with Crippen LogP contribution in [0.5, 0.6) is 0 Å². The lowest BCUT2D eigenvalue weighted by molar-refractivity contribution is 0.102. The fourth-order valence-electron chi connectivity index (χ4n) is 3.94. The van der Waals surface area contributed by atoms with Crippen molar-refractivity contribution in [2.24, 2.45) is 7.05 Å². The summed E-state index contributed by atoms with van der Waals surface area (Å²) in [4.78, 5) is 15.7. The Balaban J connectivity index is 1.53. The highest BCUT2D eigenvalue weighted by molar-refractivity contribution is 7.92.